The lowest BCUT2D eigenvalue weighted by Crippen LogP contribution is -2.08. The molecule has 0 atom stereocenters. The summed E-state index contributed by atoms with van der Waals surface area (Å²) in [5.74, 6) is 0.475. The van der Waals surface area contributed by atoms with Gasteiger partial charge >= 0.3 is 6.01 Å². The van der Waals surface area contributed by atoms with Crippen LogP contribution in [0.25, 0.3) is 0 Å². The summed E-state index contributed by atoms with van der Waals surface area (Å²) in [7, 11) is 0. The van der Waals surface area contributed by atoms with Gasteiger partial charge in [0.05, 0.1) is 6.61 Å². The molecule has 0 spiro atoms. The van der Waals surface area contributed by atoms with Crippen molar-refractivity contribution in [1.29, 1.82) is 0 Å². The first-order chi connectivity index (χ1) is 9.26. The maximum atomic E-state index is 5.83. The monoisotopic (exact) mass is 286 g/mol. The molecular weight excluding hydrogens is 264 g/mol. The highest BCUT2D eigenvalue weighted by molar-refractivity contribution is 6.28. The smallest absolute Gasteiger partial charge is 0.322 e. The SMILES string of the molecule is CCCCCCCOc1nc(Cl)nc(NCCC)n1. The summed E-state index contributed by atoms with van der Waals surface area (Å²) in [4.78, 5) is 12.1. The summed E-state index contributed by atoms with van der Waals surface area (Å²) in [6, 6.07) is 0.300. The summed E-state index contributed by atoms with van der Waals surface area (Å²) in [5, 5.41) is 3.23. The van der Waals surface area contributed by atoms with Crippen molar-refractivity contribution in [2.24, 2.45) is 0 Å². The van der Waals surface area contributed by atoms with Crippen LogP contribution in [0.15, 0.2) is 0 Å². The van der Waals surface area contributed by atoms with Gasteiger partial charge in [0.2, 0.25) is 11.2 Å². The number of hydrogen-bond donors (Lipinski definition) is 1. The Morgan fingerprint density at radius 3 is 2.53 bits per heavy atom. The Bertz CT molecular complexity index is 362. The van der Waals surface area contributed by atoms with Gasteiger partial charge < -0.3 is 10.1 Å². The molecule has 1 aromatic rings. The van der Waals surface area contributed by atoms with E-state index in [1.165, 1.54) is 25.7 Å². The lowest BCUT2D eigenvalue weighted by Gasteiger charge is -2.07. The highest BCUT2D eigenvalue weighted by Gasteiger charge is 2.05. The highest BCUT2D eigenvalue weighted by Crippen LogP contribution is 2.12. The topological polar surface area (TPSA) is 59.9 Å². The van der Waals surface area contributed by atoms with Crippen molar-refractivity contribution in [2.45, 2.75) is 52.4 Å². The zero-order chi connectivity index (χ0) is 13.9. The second kappa shape index (κ2) is 9.78. The zero-order valence-electron chi connectivity index (χ0n) is 11.8. The molecule has 0 amide bonds. The van der Waals surface area contributed by atoms with Gasteiger partial charge in [-0.25, -0.2) is 0 Å². The van der Waals surface area contributed by atoms with E-state index in [1.807, 2.05) is 0 Å². The van der Waals surface area contributed by atoms with E-state index in [4.69, 9.17) is 16.3 Å². The number of halogens is 1. The number of rotatable bonds is 10. The number of nitrogens with one attached hydrogen (secondary N) is 1. The second-order valence-corrected chi connectivity index (χ2v) is 4.74. The fourth-order valence-electron chi connectivity index (χ4n) is 1.58. The van der Waals surface area contributed by atoms with Crippen molar-refractivity contribution in [2.75, 3.05) is 18.5 Å². The van der Waals surface area contributed by atoms with Crippen LogP contribution in [0, 0.1) is 0 Å². The minimum absolute atomic E-state index is 0.162. The Morgan fingerprint density at radius 1 is 1.00 bits per heavy atom. The maximum Gasteiger partial charge on any atom is 0.322 e. The Hall–Kier alpha value is -1.10. The standard InChI is InChI=1S/C13H23ClN4O/c1-3-5-6-7-8-10-19-13-17-11(14)16-12(18-13)15-9-4-2/h3-10H2,1-2H3,(H,15,16,17,18). The molecule has 6 heteroatoms. The van der Waals surface area contributed by atoms with Gasteiger partial charge in [-0.05, 0) is 24.4 Å². The van der Waals surface area contributed by atoms with E-state index in [2.05, 4.69) is 34.1 Å². The molecule has 0 bridgehead atoms. The molecule has 19 heavy (non-hydrogen) atoms. The van der Waals surface area contributed by atoms with E-state index in [0.29, 0.717) is 18.6 Å². The summed E-state index contributed by atoms with van der Waals surface area (Å²) in [6.45, 7) is 5.70. The highest BCUT2D eigenvalue weighted by atomic mass is 35.5. The fourth-order valence-corrected chi connectivity index (χ4v) is 1.73. The lowest BCUT2D eigenvalue weighted by molar-refractivity contribution is 0.281. The van der Waals surface area contributed by atoms with Crippen LogP contribution < -0.4 is 10.1 Å². The third-order valence-corrected chi connectivity index (χ3v) is 2.77. The molecule has 108 valence electrons. The molecule has 0 radical (unpaired) electrons. The molecule has 0 aliphatic carbocycles. The molecule has 0 fully saturated rings. The summed E-state index contributed by atoms with van der Waals surface area (Å²) in [5.41, 5.74) is 0. The number of unbranched alkanes of at least 4 members (excludes halogenated alkanes) is 4. The van der Waals surface area contributed by atoms with Crippen LogP contribution in [0.4, 0.5) is 5.95 Å². The molecule has 5 nitrogen and oxygen atoms in total. The third kappa shape index (κ3) is 7.15. The van der Waals surface area contributed by atoms with E-state index < -0.39 is 0 Å². The van der Waals surface area contributed by atoms with Crippen molar-refractivity contribution < 1.29 is 4.74 Å². The van der Waals surface area contributed by atoms with Crippen molar-refractivity contribution in [3.63, 3.8) is 0 Å². The lowest BCUT2D eigenvalue weighted by atomic mass is 10.2. The Balaban J connectivity index is 2.34. The molecule has 0 saturated heterocycles. The van der Waals surface area contributed by atoms with Crippen molar-refractivity contribution in [3.05, 3.63) is 5.28 Å². The summed E-state index contributed by atoms with van der Waals surface area (Å²) >= 11 is 5.83. The van der Waals surface area contributed by atoms with Crippen LogP contribution in [-0.4, -0.2) is 28.1 Å². The van der Waals surface area contributed by atoms with Crippen LogP contribution in [0.1, 0.15) is 52.4 Å². The number of hydrogen-bond acceptors (Lipinski definition) is 5. The number of ether oxygens (including phenoxy) is 1. The molecule has 1 rings (SSSR count). The molecule has 1 heterocycles. The largest absolute Gasteiger partial charge is 0.463 e. The van der Waals surface area contributed by atoms with Gasteiger partial charge in [0, 0.05) is 6.54 Å². The quantitative estimate of drug-likeness (QED) is 0.665. The Labute approximate surface area is 120 Å². The van der Waals surface area contributed by atoms with Crippen LogP contribution >= 0.6 is 11.6 Å². The molecular formula is C13H23ClN4O. The van der Waals surface area contributed by atoms with E-state index in [9.17, 15) is 0 Å². The average molecular weight is 287 g/mol. The molecule has 0 saturated carbocycles. The molecule has 1 aromatic heterocycles. The van der Waals surface area contributed by atoms with E-state index in [1.54, 1.807) is 0 Å². The van der Waals surface area contributed by atoms with Crippen LogP contribution in [-0.2, 0) is 0 Å². The van der Waals surface area contributed by atoms with Crippen molar-refractivity contribution in [1.82, 2.24) is 15.0 Å². The molecule has 1 N–H and O–H groups in total. The predicted molar refractivity (Wildman–Crippen MR) is 77.9 cm³/mol. The molecule has 0 aliphatic heterocycles. The van der Waals surface area contributed by atoms with Gasteiger partial charge in [-0.15, -0.1) is 0 Å². The molecule has 0 aliphatic rings. The first-order valence-electron chi connectivity index (χ1n) is 7.04. The first-order valence-corrected chi connectivity index (χ1v) is 7.42. The average Bonchev–Trinajstić information content (AvgIpc) is 2.40. The predicted octanol–water partition coefficient (Wildman–Crippen LogP) is 3.70. The third-order valence-electron chi connectivity index (χ3n) is 2.60. The van der Waals surface area contributed by atoms with Gasteiger partial charge in [-0.3, -0.25) is 0 Å². The number of aromatic nitrogens is 3. The van der Waals surface area contributed by atoms with Crippen molar-refractivity contribution in [3.8, 4) is 6.01 Å². The van der Waals surface area contributed by atoms with Crippen molar-refractivity contribution >= 4 is 17.5 Å². The normalized spacial score (nSPS) is 10.5. The Kier molecular flexibility index (Phi) is 8.21. The molecule has 0 unspecified atom stereocenters. The maximum absolute atomic E-state index is 5.83. The second-order valence-electron chi connectivity index (χ2n) is 4.40. The van der Waals surface area contributed by atoms with Gasteiger partial charge in [-0.2, -0.15) is 15.0 Å². The van der Waals surface area contributed by atoms with E-state index in [-0.39, 0.29) is 5.28 Å². The minimum atomic E-state index is 0.162. The molecule has 0 aromatic carbocycles. The zero-order valence-corrected chi connectivity index (χ0v) is 12.5. The number of anilines is 1. The fraction of sp³-hybridized carbons (Fsp3) is 0.769. The van der Waals surface area contributed by atoms with Gasteiger partial charge in [0.15, 0.2) is 0 Å². The van der Waals surface area contributed by atoms with Gasteiger partial charge in [0.1, 0.15) is 0 Å². The first kappa shape index (κ1) is 16.0. The summed E-state index contributed by atoms with van der Waals surface area (Å²) < 4.78 is 5.50. The van der Waals surface area contributed by atoms with Crippen LogP contribution in [0.5, 0.6) is 6.01 Å². The minimum Gasteiger partial charge on any atom is -0.463 e. The van der Waals surface area contributed by atoms with E-state index >= 15 is 0 Å². The van der Waals surface area contributed by atoms with Gasteiger partial charge in [-0.1, -0.05) is 39.5 Å². The van der Waals surface area contributed by atoms with Crippen LogP contribution in [0.2, 0.25) is 5.28 Å². The van der Waals surface area contributed by atoms with E-state index in [0.717, 1.165) is 19.4 Å². The van der Waals surface area contributed by atoms with Gasteiger partial charge in [0.25, 0.3) is 0 Å². The van der Waals surface area contributed by atoms with Crippen LogP contribution in [0.3, 0.4) is 0 Å². The summed E-state index contributed by atoms with van der Waals surface area (Å²) in [6.07, 6.45) is 6.96. The number of nitrogens with zero attached hydrogens (tertiary/aromatic N) is 3. The Morgan fingerprint density at radius 2 is 1.79 bits per heavy atom.